The van der Waals surface area contributed by atoms with Crippen molar-refractivity contribution in [3.63, 3.8) is 0 Å². The van der Waals surface area contributed by atoms with Gasteiger partial charge in [0.2, 0.25) is 0 Å². The highest BCUT2D eigenvalue weighted by Crippen LogP contribution is 2.41. The molecule has 0 bridgehead atoms. The summed E-state index contributed by atoms with van der Waals surface area (Å²) in [7, 11) is 0. The number of nitriles is 1. The van der Waals surface area contributed by atoms with Crippen molar-refractivity contribution in [3.05, 3.63) is 32.8 Å². The van der Waals surface area contributed by atoms with Crippen molar-refractivity contribution >= 4 is 23.0 Å². The van der Waals surface area contributed by atoms with Gasteiger partial charge in [0.15, 0.2) is 0 Å². The maximum absolute atomic E-state index is 12.8. The van der Waals surface area contributed by atoms with Gasteiger partial charge in [-0.25, -0.2) is 0 Å². The average Bonchev–Trinajstić information content (AvgIpc) is 2.46. The van der Waals surface area contributed by atoms with Crippen LogP contribution >= 0.6 is 11.6 Å². The second-order valence-electron chi connectivity index (χ2n) is 5.00. The number of nitro benzene ring substituents is 1. The lowest BCUT2D eigenvalue weighted by atomic mass is 10.1. The Balaban J connectivity index is 2.34. The molecule has 0 unspecified atom stereocenters. The van der Waals surface area contributed by atoms with Gasteiger partial charge in [-0.2, -0.15) is 18.4 Å². The molecule has 1 aliphatic rings. The minimum Gasteiger partial charge on any atom is -0.363 e. The molecule has 23 heavy (non-hydrogen) atoms. The number of halogens is 4. The molecule has 0 radical (unpaired) electrons. The Labute approximate surface area is 134 Å². The molecule has 0 saturated carbocycles. The minimum atomic E-state index is -4.76. The number of alkyl halides is 3. The van der Waals surface area contributed by atoms with Gasteiger partial charge in [0.25, 0.3) is 5.69 Å². The van der Waals surface area contributed by atoms with E-state index in [0.717, 1.165) is 6.07 Å². The summed E-state index contributed by atoms with van der Waals surface area (Å²) in [5.41, 5.74) is -1.79. The summed E-state index contributed by atoms with van der Waals surface area (Å²) in [5, 5.41) is 19.2. The van der Waals surface area contributed by atoms with E-state index in [-0.39, 0.29) is 12.2 Å². The normalized spacial score (nSPS) is 16.2. The Morgan fingerprint density at radius 3 is 2.39 bits per heavy atom. The smallest absolute Gasteiger partial charge is 0.363 e. The van der Waals surface area contributed by atoms with Gasteiger partial charge >= 0.3 is 6.18 Å². The summed E-state index contributed by atoms with van der Waals surface area (Å²) in [4.78, 5) is 13.8. The summed E-state index contributed by atoms with van der Waals surface area (Å²) in [5.74, 6) is 0. The van der Waals surface area contributed by atoms with E-state index in [1.54, 1.807) is 4.90 Å². The van der Waals surface area contributed by atoms with Crippen LogP contribution in [-0.4, -0.2) is 42.5 Å². The summed E-state index contributed by atoms with van der Waals surface area (Å²) in [6.07, 6.45) is -4.76. The van der Waals surface area contributed by atoms with Gasteiger partial charge in [0.1, 0.15) is 5.69 Å². The topological polar surface area (TPSA) is 73.4 Å². The van der Waals surface area contributed by atoms with Crippen LogP contribution in [0, 0.1) is 21.4 Å². The summed E-state index contributed by atoms with van der Waals surface area (Å²) < 4.78 is 38.5. The molecular formula is C13H12ClF3N4O2. The molecule has 124 valence electrons. The number of nitrogens with zero attached hydrogens (tertiary/aromatic N) is 4. The number of rotatable bonds is 3. The van der Waals surface area contributed by atoms with Gasteiger partial charge in [-0.05, 0) is 6.07 Å². The van der Waals surface area contributed by atoms with Gasteiger partial charge < -0.3 is 4.90 Å². The van der Waals surface area contributed by atoms with Crippen LogP contribution in [0.15, 0.2) is 12.1 Å². The fraction of sp³-hybridized carbons (Fsp3) is 0.462. The van der Waals surface area contributed by atoms with Crippen molar-refractivity contribution in [1.29, 1.82) is 5.26 Å². The number of benzene rings is 1. The lowest BCUT2D eigenvalue weighted by Crippen LogP contribution is -2.46. The molecule has 0 aliphatic carbocycles. The molecule has 0 atom stereocenters. The van der Waals surface area contributed by atoms with Gasteiger partial charge in [-0.15, -0.1) is 0 Å². The fourth-order valence-electron chi connectivity index (χ4n) is 2.41. The first-order valence-electron chi connectivity index (χ1n) is 6.63. The second-order valence-corrected chi connectivity index (χ2v) is 5.40. The molecule has 1 aliphatic heterocycles. The Bertz CT molecular complexity index is 652. The van der Waals surface area contributed by atoms with Crippen molar-refractivity contribution in [3.8, 4) is 6.07 Å². The van der Waals surface area contributed by atoms with E-state index in [4.69, 9.17) is 16.9 Å². The van der Waals surface area contributed by atoms with E-state index in [2.05, 4.69) is 0 Å². The number of hydrogen-bond acceptors (Lipinski definition) is 5. The average molecular weight is 349 g/mol. The van der Waals surface area contributed by atoms with E-state index < -0.39 is 27.4 Å². The molecule has 0 amide bonds. The van der Waals surface area contributed by atoms with Crippen LogP contribution in [-0.2, 0) is 6.18 Å². The third-order valence-corrected chi connectivity index (χ3v) is 3.89. The van der Waals surface area contributed by atoms with E-state index >= 15 is 0 Å². The number of hydrogen-bond donors (Lipinski definition) is 0. The predicted molar refractivity (Wildman–Crippen MR) is 77.4 cm³/mol. The molecule has 2 rings (SSSR count). The van der Waals surface area contributed by atoms with Crippen LogP contribution in [0.1, 0.15) is 5.56 Å². The minimum absolute atomic E-state index is 0.0598. The Morgan fingerprint density at radius 1 is 1.30 bits per heavy atom. The van der Waals surface area contributed by atoms with Crippen LogP contribution in [0.25, 0.3) is 0 Å². The van der Waals surface area contributed by atoms with E-state index in [0.29, 0.717) is 32.2 Å². The third kappa shape index (κ3) is 3.83. The Hall–Kier alpha value is -2.05. The third-order valence-electron chi connectivity index (χ3n) is 3.57. The van der Waals surface area contributed by atoms with Crippen molar-refractivity contribution in [2.45, 2.75) is 6.18 Å². The molecule has 0 aromatic heterocycles. The van der Waals surface area contributed by atoms with Crippen molar-refractivity contribution in [2.24, 2.45) is 0 Å². The number of nitro groups is 1. The molecule has 0 spiro atoms. The predicted octanol–water partition coefficient (Wildman–Crippen LogP) is 2.91. The zero-order valence-corrected chi connectivity index (χ0v) is 12.6. The number of anilines is 1. The van der Waals surface area contributed by atoms with Crippen LogP contribution in [0.3, 0.4) is 0 Å². The Morgan fingerprint density at radius 2 is 1.91 bits per heavy atom. The standard InChI is InChI=1S/C13H12ClF3N4O2/c14-10-8-11(20-5-3-19(2-1-18)4-6-20)12(21(22)23)7-9(10)13(15,16)17/h7-8H,2-6H2. The zero-order chi connectivity index (χ0) is 17.2. The summed E-state index contributed by atoms with van der Waals surface area (Å²) >= 11 is 5.67. The molecule has 1 aromatic rings. The highest BCUT2D eigenvalue weighted by atomic mass is 35.5. The van der Waals surface area contributed by atoms with E-state index in [1.807, 2.05) is 11.0 Å². The first kappa shape index (κ1) is 17.3. The molecule has 6 nitrogen and oxygen atoms in total. The molecular weight excluding hydrogens is 337 g/mol. The maximum atomic E-state index is 12.8. The van der Waals surface area contributed by atoms with Crippen LogP contribution in [0.4, 0.5) is 24.5 Å². The van der Waals surface area contributed by atoms with E-state index in [9.17, 15) is 23.3 Å². The second kappa shape index (κ2) is 6.60. The molecule has 0 N–H and O–H groups in total. The quantitative estimate of drug-likeness (QED) is 0.477. The van der Waals surface area contributed by atoms with Crippen LogP contribution in [0.2, 0.25) is 5.02 Å². The van der Waals surface area contributed by atoms with Crippen LogP contribution in [0.5, 0.6) is 0 Å². The van der Waals surface area contributed by atoms with Crippen molar-refractivity contribution < 1.29 is 18.1 Å². The monoisotopic (exact) mass is 348 g/mol. The summed E-state index contributed by atoms with van der Waals surface area (Å²) in [6.45, 7) is 1.95. The number of piperazine rings is 1. The molecule has 1 saturated heterocycles. The Kier molecular flexibility index (Phi) is 4.97. The first-order chi connectivity index (χ1) is 10.7. The van der Waals surface area contributed by atoms with Crippen molar-refractivity contribution in [1.82, 2.24) is 4.90 Å². The summed E-state index contributed by atoms with van der Waals surface area (Å²) in [6, 6.07) is 3.47. The molecule has 1 heterocycles. The fourth-order valence-corrected chi connectivity index (χ4v) is 2.68. The lowest BCUT2D eigenvalue weighted by Gasteiger charge is -2.34. The first-order valence-corrected chi connectivity index (χ1v) is 7.01. The van der Waals surface area contributed by atoms with Gasteiger partial charge in [-0.1, -0.05) is 11.6 Å². The highest BCUT2D eigenvalue weighted by molar-refractivity contribution is 6.31. The molecule has 10 heteroatoms. The zero-order valence-electron chi connectivity index (χ0n) is 11.8. The highest BCUT2D eigenvalue weighted by Gasteiger charge is 2.37. The lowest BCUT2D eigenvalue weighted by molar-refractivity contribution is -0.384. The van der Waals surface area contributed by atoms with Gasteiger partial charge in [0.05, 0.1) is 28.1 Å². The van der Waals surface area contributed by atoms with E-state index in [1.165, 1.54) is 0 Å². The van der Waals surface area contributed by atoms with Crippen molar-refractivity contribution in [2.75, 3.05) is 37.6 Å². The van der Waals surface area contributed by atoms with Crippen LogP contribution < -0.4 is 4.90 Å². The molecule has 1 fully saturated rings. The molecule has 1 aromatic carbocycles. The maximum Gasteiger partial charge on any atom is 0.418 e. The van der Waals surface area contributed by atoms with Gasteiger partial charge in [-0.3, -0.25) is 15.0 Å². The largest absolute Gasteiger partial charge is 0.418 e. The van der Waals surface area contributed by atoms with Gasteiger partial charge in [0, 0.05) is 32.2 Å². The SMILES string of the molecule is N#CCN1CCN(c2cc(Cl)c(C(F)(F)F)cc2[N+](=O)[O-])CC1.